The predicted molar refractivity (Wildman–Crippen MR) is 115 cm³/mol. The highest BCUT2D eigenvalue weighted by Crippen LogP contribution is 2.31. The third-order valence-electron chi connectivity index (χ3n) is 5.33. The van der Waals surface area contributed by atoms with E-state index in [0.717, 1.165) is 25.2 Å². The van der Waals surface area contributed by atoms with Crippen molar-refractivity contribution in [3.05, 3.63) is 83.5 Å². The Morgan fingerprint density at radius 3 is 2.30 bits per heavy atom. The predicted octanol–water partition coefficient (Wildman–Crippen LogP) is 4.93. The normalized spacial score (nSPS) is 15.9. The maximum Gasteiger partial charge on any atom is 0.264 e. The smallest absolute Gasteiger partial charge is 0.264 e. The van der Waals surface area contributed by atoms with Crippen molar-refractivity contribution in [2.45, 2.75) is 30.3 Å². The Kier molecular flexibility index (Phi) is 6.13. The molecule has 0 amide bonds. The Bertz CT molecular complexity index is 1060. The number of halogens is 2. The first kappa shape index (κ1) is 20.9. The average Bonchev–Trinajstić information content (AvgIpc) is 3.24. The van der Waals surface area contributed by atoms with E-state index in [1.54, 1.807) is 24.7 Å². The van der Waals surface area contributed by atoms with Gasteiger partial charge in [0.2, 0.25) is 0 Å². The minimum Gasteiger partial charge on any atom is -0.472 e. The molecule has 0 aliphatic carbocycles. The van der Waals surface area contributed by atoms with E-state index in [2.05, 4.69) is 4.90 Å². The van der Waals surface area contributed by atoms with Crippen molar-refractivity contribution >= 4 is 27.3 Å². The monoisotopic (exact) mass is 448 g/mol. The van der Waals surface area contributed by atoms with Crippen LogP contribution in [-0.2, 0) is 16.6 Å². The first-order chi connectivity index (χ1) is 14.4. The van der Waals surface area contributed by atoms with Gasteiger partial charge in [0, 0.05) is 36.3 Å². The molecular formula is C22H22ClFN2O3S. The molecule has 8 heteroatoms. The molecule has 0 N–H and O–H groups in total. The zero-order valence-electron chi connectivity index (χ0n) is 16.2. The van der Waals surface area contributed by atoms with Crippen LogP contribution in [0.1, 0.15) is 18.4 Å². The van der Waals surface area contributed by atoms with Gasteiger partial charge in [0.05, 0.1) is 23.1 Å². The maximum atomic E-state index is 13.5. The third kappa shape index (κ3) is 4.53. The van der Waals surface area contributed by atoms with Gasteiger partial charge in [-0.1, -0.05) is 11.6 Å². The van der Waals surface area contributed by atoms with Gasteiger partial charge in [0.15, 0.2) is 0 Å². The van der Waals surface area contributed by atoms with E-state index in [1.165, 1.54) is 40.7 Å². The number of hydrogen-bond acceptors (Lipinski definition) is 4. The van der Waals surface area contributed by atoms with Crippen LogP contribution in [0.4, 0.5) is 10.1 Å². The lowest BCUT2D eigenvalue weighted by molar-refractivity contribution is 0.206. The molecule has 1 saturated heterocycles. The van der Waals surface area contributed by atoms with Crippen molar-refractivity contribution in [2.75, 3.05) is 17.4 Å². The van der Waals surface area contributed by atoms with E-state index in [0.29, 0.717) is 23.6 Å². The van der Waals surface area contributed by atoms with Gasteiger partial charge in [0.25, 0.3) is 10.0 Å². The Morgan fingerprint density at radius 1 is 1.03 bits per heavy atom. The van der Waals surface area contributed by atoms with Crippen molar-refractivity contribution in [1.29, 1.82) is 0 Å². The lowest BCUT2D eigenvalue weighted by atomic mass is 10.0. The van der Waals surface area contributed by atoms with Gasteiger partial charge >= 0.3 is 0 Å². The van der Waals surface area contributed by atoms with Gasteiger partial charge < -0.3 is 4.42 Å². The topological polar surface area (TPSA) is 53.8 Å². The summed E-state index contributed by atoms with van der Waals surface area (Å²) in [6.45, 7) is 2.27. The molecule has 0 atom stereocenters. The fraction of sp³-hybridized carbons (Fsp3) is 0.273. The van der Waals surface area contributed by atoms with Crippen molar-refractivity contribution in [2.24, 2.45) is 0 Å². The number of sulfonamides is 1. The molecule has 158 valence electrons. The summed E-state index contributed by atoms with van der Waals surface area (Å²) in [5.41, 5.74) is 1.55. The Balaban J connectivity index is 1.60. The first-order valence-electron chi connectivity index (χ1n) is 9.72. The van der Waals surface area contributed by atoms with E-state index in [1.807, 2.05) is 6.07 Å². The first-order valence-corrected chi connectivity index (χ1v) is 11.5. The van der Waals surface area contributed by atoms with E-state index < -0.39 is 15.8 Å². The second kappa shape index (κ2) is 8.79. The zero-order valence-corrected chi connectivity index (χ0v) is 17.8. The van der Waals surface area contributed by atoms with E-state index in [4.69, 9.17) is 16.0 Å². The molecular weight excluding hydrogens is 427 g/mol. The van der Waals surface area contributed by atoms with Crippen LogP contribution in [0.3, 0.4) is 0 Å². The number of hydrogen-bond donors (Lipinski definition) is 0. The molecule has 30 heavy (non-hydrogen) atoms. The van der Waals surface area contributed by atoms with E-state index in [-0.39, 0.29) is 10.9 Å². The van der Waals surface area contributed by atoms with Crippen LogP contribution in [0.15, 0.2) is 76.4 Å². The SMILES string of the molecule is O=S(=O)(c1ccc(Cl)cc1)N(c1ccc(F)cc1)C1CCN(Cc2ccoc2)CC1. The van der Waals surface area contributed by atoms with Crippen molar-refractivity contribution < 1.29 is 17.2 Å². The molecule has 0 unspecified atom stereocenters. The quantitative estimate of drug-likeness (QED) is 0.536. The van der Waals surface area contributed by atoms with Gasteiger partial charge in [-0.05, 0) is 67.4 Å². The summed E-state index contributed by atoms with van der Waals surface area (Å²) in [7, 11) is -3.83. The number of likely N-dealkylation sites (tertiary alicyclic amines) is 1. The largest absolute Gasteiger partial charge is 0.472 e. The lowest BCUT2D eigenvalue weighted by Crippen LogP contribution is -2.47. The standard InChI is InChI=1S/C22H22ClFN2O3S/c23-18-1-7-22(8-2-18)30(27,28)26(20-5-3-19(24)4-6-20)21-9-12-25(13-10-21)15-17-11-14-29-16-17/h1-8,11,14,16,21H,9-10,12-13,15H2. The van der Waals surface area contributed by atoms with Crippen molar-refractivity contribution in [3.63, 3.8) is 0 Å². The molecule has 0 radical (unpaired) electrons. The number of furan rings is 1. The molecule has 0 spiro atoms. The summed E-state index contributed by atoms with van der Waals surface area (Å²) in [6, 6.07) is 13.4. The molecule has 0 bridgehead atoms. The second-order valence-corrected chi connectivity index (χ2v) is 9.62. The molecule has 1 aromatic heterocycles. The molecule has 3 aromatic rings. The Labute approximate surface area is 180 Å². The van der Waals surface area contributed by atoms with Crippen molar-refractivity contribution in [1.82, 2.24) is 4.90 Å². The van der Waals surface area contributed by atoms with Gasteiger partial charge in [0.1, 0.15) is 5.82 Å². The van der Waals surface area contributed by atoms with Crippen LogP contribution in [0.5, 0.6) is 0 Å². The van der Waals surface area contributed by atoms with Crippen LogP contribution in [0.25, 0.3) is 0 Å². The highest BCUT2D eigenvalue weighted by molar-refractivity contribution is 7.92. The van der Waals surface area contributed by atoms with E-state index in [9.17, 15) is 12.8 Å². The summed E-state index contributed by atoms with van der Waals surface area (Å²) < 4.78 is 47.1. The lowest BCUT2D eigenvalue weighted by Gasteiger charge is -2.39. The Hall–Kier alpha value is -2.35. The third-order valence-corrected chi connectivity index (χ3v) is 7.47. The Morgan fingerprint density at radius 2 is 1.70 bits per heavy atom. The number of anilines is 1. The highest BCUT2D eigenvalue weighted by Gasteiger charge is 2.34. The highest BCUT2D eigenvalue weighted by atomic mass is 35.5. The van der Waals surface area contributed by atoms with Gasteiger partial charge in [-0.15, -0.1) is 0 Å². The van der Waals surface area contributed by atoms with E-state index >= 15 is 0 Å². The van der Waals surface area contributed by atoms with Crippen LogP contribution >= 0.6 is 11.6 Å². The molecule has 2 aromatic carbocycles. The number of nitrogens with zero attached hydrogens (tertiary/aromatic N) is 2. The van der Waals surface area contributed by atoms with Gasteiger partial charge in [-0.25, -0.2) is 12.8 Å². The minimum absolute atomic E-state index is 0.164. The number of rotatable bonds is 6. The second-order valence-electron chi connectivity index (χ2n) is 7.37. The molecule has 5 nitrogen and oxygen atoms in total. The molecule has 4 rings (SSSR count). The van der Waals surface area contributed by atoms with Crippen LogP contribution in [0, 0.1) is 5.82 Å². The molecule has 1 fully saturated rings. The molecule has 1 aliphatic heterocycles. The summed E-state index contributed by atoms with van der Waals surface area (Å²) in [5, 5.41) is 0.467. The van der Waals surface area contributed by atoms with Crippen molar-refractivity contribution in [3.8, 4) is 0 Å². The maximum absolute atomic E-state index is 13.5. The summed E-state index contributed by atoms with van der Waals surface area (Å²) in [4.78, 5) is 2.44. The average molecular weight is 449 g/mol. The zero-order chi connectivity index (χ0) is 21.1. The molecule has 1 aliphatic rings. The molecule has 2 heterocycles. The fourth-order valence-corrected chi connectivity index (χ4v) is 5.64. The molecule has 0 saturated carbocycles. The summed E-state index contributed by atoms with van der Waals surface area (Å²) >= 11 is 5.94. The number of piperidine rings is 1. The summed E-state index contributed by atoms with van der Waals surface area (Å²) in [6.07, 6.45) is 4.71. The fourth-order valence-electron chi connectivity index (χ4n) is 3.81. The van der Waals surface area contributed by atoms with Gasteiger partial charge in [-0.3, -0.25) is 9.21 Å². The van der Waals surface area contributed by atoms with Crippen LogP contribution in [-0.4, -0.2) is 32.4 Å². The summed E-state index contributed by atoms with van der Waals surface area (Å²) in [5.74, 6) is -0.405. The van der Waals surface area contributed by atoms with Gasteiger partial charge in [-0.2, -0.15) is 0 Å². The van der Waals surface area contributed by atoms with Crippen LogP contribution < -0.4 is 4.31 Å². The minimum atomic E-state index is -3.83. The number of benzene rings is 2. The van der Waals surface area contributed by atoms with Crippen LogP contribution in [0.2, 0.25) is 5.02 Å².